The van der Waals surface area contributed by atoms with E-state index >= 15 is 0 Å². The summed E-state index contributed by atoms with van der Waals surface area (Å²) in [6.07, 6.45) is 9.24. The van der Waals surface area contributed by atoms with Crippen molar-refractivity contribution in [2.24, 2.45) is 29.1 Å². The first-order valence-electron chi connectivity index (χ1n) is 19.1. The summed E-state index contributed by atoms with van der Waals surface area (Å²) >= 11 is 0. The molecule has 2 N–H and O–H groups in total. The zero-order chi connectivity index (χ0) is 37.8. The Morgan fingerprint density at radius 2 is 1.59 bits per heavy atom. The van der Waals surface area contributed by atoms with E-state index in [9.17, 15) is 14.4 Å². The first-order valence-corrected chi connectivity index (χ1v) is 22.0. The van der Waals surface area contributed by atoms with E-state index in [4.69, 9.17) is 28.1 Å². The molecule has 0 aromatic rings. The quantitative estimate of drug-likeness (QED) is 0.0912. The molecule has 1 fully saturated rings. The highest BCUT2D eigenvalue weighted by molar-refractivity contribution is 6.74. The molecule has 0 spiro atoms. The van der Waals surface area contributed by atoms with Crippen LogP contribution >= 0.6 is 0 Å². The van der Waals surface area contributed by atoms with Crippen LogP contribution in [0.15, 0.2) is 23.8 Å². The van der Waals surface area contributed by atoms with Gasteiger partial charge in [-0.15, -0.1) is 0 Å². The molecule has 3 aliphatic rings. The fraction of sp³-hybridized carbons (Fsp3) is 0.821. The number of nitrogens with one attached hydrogen (secondary N) is 2. The molecule has 2 amide bonds. The van der Waals surface area contributed by atoms with E-state index in [2.05, 4.69) is 97.3 Å². The maximum Gasteiger partial charge on any atom is 0.407 e. The van der Waals surface area contributed by atoms with E-state index in [0.717, 1.165) is 25.7 Å². The molecule has 3 rings (SSSR count). The van der Waals surface area contributed by atoms with Gasteiger partial charge in [0.1, 0.15) is 18.8 Å². The molecule has 1 heterocycles. The summed E-state index contributed by atoms with van der Waals surface area (Å²) in [5.41, 5.74) is 1.26. The van der Waals surface area contributed by atoms with Crippen molar-refractivity contribution in [1.82, 2.24) is 10.6 Å². The van der Waals surface area contributed by atoms with Crippen LogP contribution in [0.2, 0.25) is 18.1 Å². The zero-order valence-corrected chi connectivity index (χ0v) is 34.1. The second kappa shape index (κ2) is 19.7. The molecule has 51 heavy (non-hydrogen) atoms. The summed E-state index contributed by atoms with van der Waals surface area (Å²) < 4.78 is 35.0. The van der Waals surface area contributed by atoms with Gasteiger partial charge < -0.3 is 38.7 Å². The van der Waals surface area contributed by atoms with Crippen LogP contribution in [0, 0.1) is 29.1 Å². The molecular weight excluding hydrogens is 669 g/mol. The maximum atomic E-state index is 13.0. The molecule has 1 saturated heterocycles. The lowest BCUT2D eigenvalue weighted by atomic mass is 9.65. The summed E-state index contributed by atoms with van der Waals surface area (Å²) in [5.74, 6) is 0.622. The number of fused-ring (bicyclic) bond motifs is 1. The van der Waals surface area contributed by atoms with E-state index in [1.165, 1.54) is 5.57 Å². The second-order valence-corrected chi connectivity index (χ2v) is 22.2. The van der Waals surface area contributed by atoms with Gasteiger partial charge in [0.25, 0.3) is 0 Å². The summed E-state index contributed by atoms with van der Waals surface area (Å²) in [5, 5.41) is 5.76. The predicted octanol–water partition coefficient (Wildman–Crippen LogP) is 6.57. The molecule has 11 nitrogen and oxygen atoms in total. The van der Waals surface area contributed by atoms with Crippen molar-refractivity contribution in [1.29, 1.82) is 0 Å². The number of carbonyl (C=O) groups excluding carboxylic acids is 3. The molecule has 0 unspecified atom stereocenters. The first kappa shape index (κ1) is 43.2. The van der Waals surface area contributed by atoms with Crippen LogP contribution < -0.4 is 10.6 Å². The Hall–Kier alpha value is -2.25. The van der Waals surface area contributed by atoms with Gasteiger partial charge in [0, 0.05) is 25.4 Å². The van der Waals surface area contributed by atoms with Crippen LogP contribution in [-0.2, 0) is 37.7 Å². The Balaban J connectivity index is 1.39. The molecule has 12 heteroatoms. The van der Waals surface area contributed by atoms with Crippen LogP contribution in [0.1, 0.15) is 87.5 Å². The van der Waals surface area contributed by atoms with Crippen molar-refractivity contribution >= 4 is 26.3 Å². The number of amides is 2. The lowest BCUT2D eigenvalue weighted by Gasteiger charge is -2.44. The average molecular weight is 737 g/mol. The highest BCUT2D eigenvalue weighted by atomic mass is 28.4. The number of ether oxygens (including phenoxy) is 5. The first-order chi connectivity index (χ1) is 23.8. The average Bonchev–Trinajstić information content (AvgIpc) is 3.01. The van der Waals surface area contributed by atoms with Crippen molar-refractivity contribution in [2.75, 3.05) is 52.7 Å². The fourth-order valence-electron chi connectivity index (χ4n) is 6.73. The van der Waals surface area contributed by atoms with Crippen molar-refractivity contribution in [3.05, 3.63) is 23.8 Å². The topological polar surface area (TPSA) is 131 Å². The van der Waals surface area contributed by atoms with Gasteiger partial charge in [0.15, 0.2) is 8.32 Å². The Morgan fingerprint density at radius 3 is 2.25 bits per heavy atom. The minimum Gasteiger partial charge on any atom is -0.462 e. The van der Waals surface area contributed by atoms with Crippen molar-refractivity contribution in [3.63, 3.8) is 0 Å². The van der Waals surface area contributed by atoms with Crippen LogP contribution in [-0.4, -0.2) is 97.3 Å². The van der Waals surface area contributed by atoms with Crippen molar-refractivity contribution in [3.8, 4) is 0 Å². The molecule has 0 aromatic heterocycles. The lowest BCUT2D eigenvalue weighted by Crippen LogP contribution is -2.47. The Labute approximate surface area is 308 Å². The molecule has 0 saturated carbocycles. The minimum absolute atomic E-state index is 0.0117. The molecule has 0 aromatic carbocycles. The number of hydrogen-bond donors (Lipinski definition) is 2. The summed E-state index contributed by atoms with van der Waals surface area (Å²) in [6.45, 7) is 24.4. The highest BCUT2D eigenvalue weighted by Gasteiger charge is 2.44. The van der Waals surface area contributed by atoms with Gasteiger partial charge in [-0.2, -0.15) is 0 Å². The maximum absolute atomic E-state index is 13.0. The van der Waals surface area contributed by atoms with Gasteiger partial charge in [-0.25, -0.2) is 4.79 Å². The van der Waals surface area contributed by atoms with Gasteiger partial charge in [-0.3, -0.25) is 9.59 Å². The number of cyclic esters (lactones) is 1. The number of alkyl carbamates (subject to hydrolysis) is 1. The fourth-order valence-corrected chi connectivity index (χ4v) is 8.09. The summed E-state index contributed by atoms with van der Waals surface area (Å²) in [6, 6.07) is 0. The van der Waals surface area contributed by atoms with E-state index in [0.29, 0.717) is 64.4 Å². The second-order valence-electron chi connectivity index (χ2n) is 17.4. The number of allylic oxidation sites excluding steroid dienone is 3. The zero-order valence-electron chi connectivity index (χ0n) is 33.1. The van der Waals surface area contributed by atoms with Crippen LogP contribution in [0.4, 0.5) is 4.79 Å². The normalized spacial score (nSPS) is 26.9. The van der Waals surface area contributed by atoms with Crippen molar-refractivity contribution in [2.45, 2.75) is 124 Å². The summed E-state index contributed by atoms with van der Waals surface area (Å²) in [4.78, 5) is 37.4. The number of carbonyl (C=O) groups is 3. The van der Waals surface area contributed by atoms with E-state index in [1.807, 2.05) is 0 Å². The standard InChI is InChI=1S/C39H68N2O9Si/c1-27-21-29-12-11-28(2)32(14-13-30-23-31(24-35(43)48-30)50-51(9,10)39(6,7)8)36(29)33(22-27)49-37(44)40-15-16-45-17-18-46-19-20-47-25-34(42)41-26-38(3,4)5/h11-12,21,27-28,30-33,36H,13-20,22-26H2,1-10H3,(H,40,44)(H,41,42)/t27-,28-,30-,31-,32-,33-,36-/m0/s1. The molecule has 292 valence electrons. The minimum atomic E-state index is -2.01. The number of esters is 1. The SMILES string of the molecule is C[C@H]1C=C2C=C[C@H](C)[C@H](CC[C@H]3C[C@H](O[Si](C)(C)C(C)(C)C)CC(=O)O3)[C@H]2[C@@H](OC(=O)NCCOCCOCCOCC(=O)NCC(C)(C)C)C1. The number of rotatable bonds is 18. The molecule has 2 aliphatic carbocycles. The highest BCUT2D eigenvalue weighted by Crippen LogP contribution is 2.45. The third-order valence-corrected chi connectivity index (χ3v) is 15.0. The van der Waals surface area contributed by atoms with Gasteiger partial charge in [0.2, 0.25) is 5.91 Å². The monoisotopic (exact) mass is 736 g/mol. The molecular formula is C39H68N2O9Si. The molecule has 1 aliphatic heterocycles. The van der Waals surface area contributed by atoms with Gasteiger partial charge in [0.05, 0.1) is 45.6 Å². The molecule has 7 atom stereocenters. The van der Waals surface area contributed by atoms with Crippen molar-refractivity contribution < 1.29 is 42.5 Å². The largest absolute Gasteiger partial charge is 0.462 e. The molecule has 0 bridgehead atoms. The summed E-state index contributed by atoms with van der Waals surface area (Å²) in [7, 11) is -2.01. The Bertz CT molecular complexity index is 1190. The van der Waals surface area contributed by atoms with E-state index in [1.54, 1.807) is 0 Å². The van der Waals surface area contributed by atoms with Crippen LogP contribution in [0.3, 0.4) is 0 Å². The van der Waals surface area contributed by atoms with Crippen LogP contribution in [0.25, 0.3) is 0 Å². The third-order valence-electron chi connectivity index (χ3n) is 10.5. The predicted molar refractivity (Wildman–Crippen MR) is 201 cm³/mol. The van der Waals surface area contributed by atoms with Gasteiger partial charge >= 0.3 is 12.1 Å². The van der Waals surface area contributed by atoms with Gasteiger partial charge in [-0.1, -0.05) is 73.6 Å². The van der Waals surface area contributed by atoms with E-state index < -0.39 is 14.4 Å². The smallest absolute Gasteiger partial charge is 0.407 e. The lowest BCUT2D eigenvalue weighted by molar-refractivity contribution is -0.160. The van der Waals surface area contributed by atoms with Gasteiger partial charge in [-0.05, 0) is 66.1 Å². The Morgan fingerprint density at radius 1 is 0.922 bits per heavy atom. The van der Waals surface area contributed by atoms with E-state index in [-0.39, 0.29) is 59.1 Å². The Kier molecular flexibility index (Phi) is 16.7. The molecule has 0 radical (unpaired) electrons. The number of hydrogen-bond acceptors (Lipinski definition) is 9. The third kappa shape index (κ3) is 15.0. The van der Waals surface area contributed by atoms with Crippen LogP contribution in [0.5, 0.6) is 0 Å².